The number of benzene rings is 2. The molecule has 5 nitrogen and oxygen atoms in total. The van der Waals surface area contributed by atoms with Crippen LogP contribution >= 0.6 is 0 Å². The van der Waals surface area contributed by atoms with Crippen molar-refractivity contribution in [3.05, 3.63) is 53.6 Å². The largest absolute Gasteiger partial charge is 0.378 e. The van der Waals surface area contributed by atoms with Gasteiger partial charge in [0.05, 0.1) is 31.1 Å². The second-order valence-electron chi connectivity index (χ2n) is 6.68. The van der Waals surface area contributed by atoms with Crippen LogP contribution in [-0.4, -0.2) is 38.8 Å². The SMILES string of the molecule is CCc1cccc(CC)c1NC(=O)CNc1ccccc1N1CCOCC1. The maximum absolute atomic E-state index is 12.6. The highest BCUT2D eigenvalue weighted by Gasteiger charge is 2.15. The molecule has 1 saturated heterocycles. The Morgan fingerprint density at radius 3 is 2.33 bits per heavy atom. The van der Waals surface area contributed by atoms with Gasteiger partial charge in [-0.3, -0.25) is 4.79 Å². The monoisotopic (exact) mass is 367 g/mol. The number of amides is 1. The molecular weight excluding hydrogens is 338 g/mol. The first kappa shape index (κ1) is 19.2. The highest BCUT2D eigenvalue weighted by Crippen LogP contribution is 2.26. The van der Waals surface area contributed by atoms with Crippen LogP contribution in [0.1, 0.15) is 25.0 Å². The molecule has 1 amide bonds. The quantitative estimate of drug-likeness (QED) is 0.783. The number of ether oxygens (including phenoxy) is 1. The predicted octanol–water partition coefficient (Wildman–Crippen LogP) is 3.70. The molecule has 1 heterocycles. The molecule has 0 atom stereocenters. The normalized spacial score (nSPS) is 14.1. The van der Waals surface area contributed by atoms with Gasteiger partial charge in [-0.05, 0) is 36.1 Å². The first-order valence-electron chi connectivity index (χ1n) is 9.79. The number of anilines is 3. The van der Waals surface area contributed by atoms with Gasteiger partial charge in [0.25, 0.3) is 0 Å². The highest BCUT2D eigenvalue weighted by atomic mass is 16.5. The fourth-order valence-corrected chi connectivity index (χ4v) is 3.47. The third kappa shape index (κ3) is 4.80. The molecular formula is C22H29N3O2. The molecule has 3 rings (SSSR count). The van der Waals surface area contributed by atoms with Gasteiger partial charge in [0.2, 0.25) is 5.91 Å². The number of carbonyl (C=O) groups is 1. The zero-order valence-corrected chi connectivity index (χ0v) is 16.3. The van der Waals surface area contributed by atoms with Crippen molar-refractivity contribution in [2.75, 3.05) is 48.4 Å². The van der Waals surface area contributed by atoms with Crippen molar-refractivity contribution in [3.8, 4) is 0 Å². The van der Waals surface area contributed by atoms with Gasteiger partial charge in [0, 0.05) is 18.8 Å². The van der Waals surface area contributed by atoms with Gasteiger partial charge in [0.1, 0.15) is 0 Å². The molecule has 0 aromatic heterocycles. The number of aryl methyl sites for hydroxylation is 2. The van der Waals surface area contributed by atoms with E-state index in [0.29, 0.717) is 0 Å². The summed E-state index contributed by atoms with van der Waals surface area (Å²) >= 11 is 0. The molecule has 0 bridgehead atoms. The van der Waals surface area contributed by atoms with E-state index in [4.69, 9.17) is 4.74 Å². The predicted molar refractivity (Wildman–Crippen MR) is 112 cm³/mol. The molecule has 5 heteroatoms. The van der Waals surface area contributed by atoms with Crippen LogP contribution in [0, 0.1) is 0 Å². The molecule has 2 aromatic rings. The van der Waals surface area contributed by atoms with E-state index >= 15 is 0 Å². The van der Waals surface area contributed by atoms with Crippen LogP contribution in [0.5, 0.6) is 0 Å². The zero-order chi connectivity index (χ0) is 19.1. The van der Waals surface area contributed by atoms with Crippen LogP contribution in [-0.2, 0) is 22.4 Å². The fraction of sp³-hybridized carbons (Fsp3) is 0.409. The summed E-state index contributed by atoms with van der Waals surface area (Å²) in [6.07, 6.45) is 1.80. The molecule has 0 aliphatic carbocycles. The van der Waals surface area contributed by atoms with Crippen molar-refractivity contribution in [2.45, 2.75) is 26.7 Å². The van der Waals surface area contributed by atoms with Crippen molar-refractivity contribution in [1.82, 2.24) is 0 Å². The molecule has 1 fully saturated rings. The van der Waals surface area contributed by atoms with Gasteiger partial charge in [-0.1, -0.05) is 44.2 Å². The van der Waals surface area contributed by atoms with Gasteiger partial charge in [-0.25, -0.2) is 0 Å². The Labute approximate surface area is 161 Å². The van der Waals surface area contributed by atoms with Crippen LogP contribution in [0.25, 0.3) is 0 Å². The van der Waals surface area contributed by atoms with Crippen molar-refractivity contribution in [3.63, 3.8) is 0 Å². The smallest absolute Gasteiger partial charge is 0.243 e. The van der Waals surface area contributed by atoms with Crippen molar-refractivity contribution >= 4 is 23.0 Å². The number of nitrogens with zero attached hydrogens (tertiary/aromatic N) is 1. The van der Waals surface area contributed by atoms with Gasteiger partial charge >= 0.3 is 0 Å². The molecule has 27 heavy (non-hydrogen) atoms. The average Bonchev–Trinajstić information content (AvgIpc) is 2.73. The van der Waals surface area contributed by atoms with Crippen molar-refractivity contribution < 1.29 is 9.53 Å². The van der Waals surface area contributed by atoms with Crippen LogP contribution in [0.4, 0.5) is 17.1 Å². The van der Waals surface area contributed by atoms with Crippen LogP contribution in [0.15, 0.2) is 42.5 Å². The molecule has 2 N–H and O–H groups in total. The highest BCUT2D eigenvalue weighted by molar-refractivity contribution is 5.95. The first-order chi connectivity index (χ1) is 13.2. The summed E-state index contributed by atoms with van der Waals surface area (Å²) in [5.74, 6) is -0.0256. The van der Waals surface area contributed by atoms with Crippen LogP contribution in [0.3, 0.4) is 0 Å². The Bertz CT molecular complexity index is 748. The van der Waals surface area contributed by atoms with E-state index < -0.39 is 0 Å². The number of carbonyl (C=O) groups excluding carboxylic acids is 1. The minimum atomic E-state index is -0.0256. The number of rotatable bonds is 7. The Hall–Kier alpha value is -2.53. The number of para-hydroxylation sites is 3. The first-order valence-corrected chi connectivity index (χ1v) is 9.79. The summed E-state index contributed by atoms with van der Waals surface area (Å²) in [4.78, 5) is 14.9. The Morgan fingerprint density at radius 2 is 1.67 bits per heavy atom. The summed E-state index contributed by atoms with van der Waals surface area (Å²) in [6.45, 7) is 7.68. The number of morpholine rings is 1. The second kappa shape index (κ2) is 9.42. The van der Waals surface area contributed by atoms with Gasteiger partial charge < -0.3 is 20.3 Å². The van der Waals surface area contributed by atoms with E-state index in [-0.39, 0.29) is 12.5 Å². The lowest BCUT2D eigenvalue weighted by Crippen LogP contribution is -2.36. The van der Waals surface area contributed by atoms with E-state index in [1.165, 1.54) is 11.1 Å². The van der Waals surface area contributed by atoms with E-state index in [2.05, 4.69) is 53.6 Å². The lowest BCUT2D eigenvalue weighted by atomic mass is 10.0. The molecule has 0 radical (unpaired) electrons. The maximum atomic E-state index is 12.6. The summed E-state index contributed by atoms with van der Waals surface area (Å²) < 4.78 is 5.44. The van der Waals surface area contributed by atoms with Crippen LogP contribution < -0.4 is 15.5 Å². The summed E-state index contributed by atoms with van der Waals surface area (Å²) in [7, 11) is 0. The average molecular weight is 367 g/mol. The van der Waals surface area contributed by atoms with Crippen LogP contribution in [0.2, 0.25) is 0 Å². The Balaban J connectivity index is 1.67. The molecule has 0 saturated carbocycles. The molecule has 1 aliphatic rings. The summed E-state index contributed by atoms with van der Waals surface area (Å²) in [6, 6.07) is 14.4. The van der Waals surface area contributed by atoms with Crippen molar-refractivity contribution in [1.29, 1.82) is 0 Å². The third-order valence-electron chi connectivity index (χ3n) is 4.96. The van der Waals surface area contributed by atoms with Gasteiger partial charge in [0.15, 0.2) is 0 Å². The van der Waals surface area contributed by atoms with E-state index in [0.717, 1.165) is 56.2 Å². The molecule has 144 valence electrons. The van der Waals surface area contributed by atoms with Gasteiger partial charge in [-0.15, -0.1) is 0 Å². The summed E-state index contributed by atoms with van der Waals surface area (Å²) in [5, 5.41) is 6.43. The minimum absolute atomic E-state index is 0.0256. The van der Waals surface area contributed by atoms with Gasteiger partial charge in [-0.2, -0.15) is 0 Å². The number of nitrogens with one attached hydrogen (secondary N) is 2. The third-order valence-corrected chi connectivity index (χ3v) is 4.96. The van der Waals surface area contributed by atoms with E-state index in [1.54, 1.807) is 0 Å². The Morgan fingerprint density at radius 1 is 1.00 bits per heavy atom. The zero-order valence-electron chi connectivity index (χ0n) is 16.3. The summed E-state index contributed by atoms with van der Waals surface area (Å²) in [5.41, 5.74) is 5.43. The standard InChI is InChI=1S/C22H29N3O2/c1-3-17-8-7-9-18(4-2)22(17)24-21(26)16-23-19-10-5-6-11-20(19)25-12-14-27-15-13-25/h5-11,23H,3-4,12-16H2,1-2H3,(H,24,26). The molecule has 2 aromatic carbocycles. The fourth-order valence-electron chi connectivity index (χ4n) is 3.47. The Kier molecular flexibility index (Phi) is 6.71. The maximum Gasteiger partial charge on any atom is 0.243 e. The molecule has 0 spiro atoms. The molecule has 0 unspecified atom stereocenters. The lowest BCUT2D eigenvalue weighted by molar-refractivity contribution is -0.114. The topological polar surface area (TPSA) is 53.6 Å². The molecule has 1 aliphatic heterocycles. The number of hydrogen-bond acceptors (Lipinski definition) is 4. The minimum Gasteiger partial charge on any atom is -0.378 e. The van der Waals surface area contributed by atoms with Crippen molar-refractivity contribution in [2.24, 2.45) is 0 Å². The van der Waals surface area contributed by atoms with E-state index in [1.807, 2.05) is 18.2 Å². The lowest BCUT2D eigenvalue weighted by Gasteiger charge is -2.30. The second-order valence-corrected chi connectivity index (χ2v) is 6.68. The number of hydrogen-bond donors (Lipinski definition) is 2. The van der Waals surface area contributed by atoms with E-state index in [9.17, 15) is 4.79 Å².